The highest BCUT2D eigenvalue weighted by molar-refractivity contribution is 5.80. The van der Waals surface area contributed by atoms with Crippen LogP contribution in [-0.2, 0) is 13.5 Å². The smallest absolute Gasteiger partial charge is 0.160 e. The molecule has 0 spiro atoms. The van der Waals surface area contributed by atoms with E-state index in [1.165, 1.54) is 11.1 Å². The van der Waals surface area contributed by atoms with Crippen molar-refractivity contribution in [3.8, 4) is 11.4 Å². The summed E-state index contributed by atoms with van der Waals surface area (Å²) >= 11 is 0. The van der Waals surface area contributed by atoms with Crippen molar-refractivity contribution < 1.29 is 0 Å². The van der Waals surface area contributed by atoms with E-state index in [9.17, 15) is 0 Å². The first kappa shape index (κ1) is 16.3. The maximum absolute atomic E-state index is 4.93. The molecule has 0 aliphatic rings. The van der Waals surface area contributed by atoms with Gasteiger partial charge in [0.25, 0.3) is 0 Å². The fraction of sp³-hybridized carbons (Fsp3) is 0.182. The number of aromatic nitrogens is 3. The zero-order valence-electron chi connectivity index (χ0n) is 15.3. The summed E-state index contributed by atoms with van der Waals surface area (Å²) in [7, 11) is 4.01. The lowest BCUT2D eigenvalue weighted by Gasteiger charge is -2.11. The van der Waals surface area contributed by atoms with Crippen LogP contribution >= 0.6 is 0 Å². The van der Waals surface area contributed by atoms with Crippen LogP contribution in [0.3, 0.4) is 0 Å². The fourth-order valence-corrected chi connectivity index (χ4v) is 3.36. The van der Waals surface area contributed by atoms with E-state index in [0.717, 1.165) is 40.2 Å². The van der Waals surface area contributed by atoms with E-state index in [4.69, 9.17) is 9.97 Å². The maximum atomic E-state index is 4.93. The summed E-state index contributed by atoms with van der Waals surface area (Å²) in [6, 6.07) is 18.8. The van der Waals surface area contributed by atoms with Gasteiger partial charge in [0.15, 0.2) is 5.82 Å². The Bertz CT molecular complexity index is 1060. The minimum absolute atomic E-state index is 0.770. The molecule has 2 aromatic carbocycles. The third kappa shape index (κ3) is 2.94. The largest absolute Gasteiger partial charge is 0.388 e. The number of aryl methyl sites for hydroxylation is 2. The van der Waals surface area contributed by atoms with Crippen LogP contribution in [0.25, 0.3) is 22.4 Å². The summed E-state index contributed by atoms with van der Waals surface area (Å²) < 4.78 is 2.10. The molecule has 0 radical (unpaired) electrons. The van der Waals surface area contributed by atoms with Gasteiger partial charge in [0.2, 0.25) is 0 Å². The van der Waals surface area contributed by atoms with Crippen LogP contribution in [0, 0.1) is 6.92 Å². The van der Waals surface area contributed by atoms with Crippen LogP contribution in [0.2, 0.25) is 0 Å². The Morgan fingerprint density at radius 2 is 1.81 bits per heavy atom. The highest BCUT2D eigenvalue weighted by Crippen LogP contribution is 2.25. The number of rotatable bonds is 4. The Balaban J connectivity index is 1.84. The van der Waals surface area contributed by atoms with Crippen LogP contribution in [0.15, 0.2) is 60.8 Å². The molecule has 0 fully saturated rings. The molecule has 0 bridgehead atoms. The predicted octanol–water partition coefficient (Wildman–Crippen LogP) is 4.58. The third-order valence-corrected chi connectivity index (χ3v) is 4.77. The SMILES string of the molecule is CNc1cc(Cc2nc(-c3ccccc3)nc3ccn(C)c23)ccc1C. The van der Waals surface area contributed by atoms with Crippen molar-refractivity contribution >= 4 is 16.7 Å². The van der Waals surface area contributed by atoms with Crippen molar-refractivity contribution in [1.29, 1.82) is 0 Å². The number of hydrogen-bond donors (Lipinski definition) is 1. The number of hydrogen-bond acceptors (Lipinski definition) is 3. The number of fused-ring (bicyclic) bond motifs is 1. The van der Waals surface area contributed by atoms with Crippen molar-refractivity contribution in [3.63, 3.8) is 0 Å². The summed E-state index contributed by atoms with van der Waals surface area (Å²) in [5, 5.41) is 3.26. The molecule has 4 aromatic rings. The van der Waals surface area contributed by atoms with E-state index in [2.05, 4.69) is 53.2 Å². The van der Waals surface area contributed by atoms with Gasteiger partial charge in [-0.25, -0.2) is 9.97 Å². The highest BCUT2D eigenvalue weighted by Gasteiger charge is 2.13. The van der Waals surface area contributed by atoms with E-state index >= 15 is 0 Å². The number of nitrogens with one attached hydrogen (secondary N) is 1. The van der Waals surface area contributed by atoms with Crippen LogP contribution < -0.4 is 5.32 Å². The van der Waals surface area contributed by atoms with Gasteiger partial charge in [-0.2, -0.15) is 0 Å². The van der Waals surface area contributed by atoms with Gasteiger partial charge in [-0.3, -0.25) is 0 Å². The first-order valence-electron chi connectivity index (χ1n) is 8.80. The molecule has 2 heterocycles. The zero-order valence-corrected chi connectivity index (χ0v) is 15.3. The molecule has 0 aliphatic heterocycles. The van der Waals surface area contributed by atoms with Crippen LogP contribution in [0.4, 0.5) is 5.69 Å². The number of benzene rings is 2. The minimum atomic E-state index is 0.770. The van der Waals surface area contributed by atoms with E-state index in [0.29, 0.717) is 0 Å². The average Bonchev–Trinajstić information content (AvgIpc) is 3.05. The van der Waals surface area contributed by atoms with Gasteiger partial charge >= 0.3 is 0 Å². The standard InChI is InChI=1S/C22H22N4/c1-15-9-10-16(13-19(15)23-2)14-20-21-18(11-12-26(21)3)24-22(25-20)17-7-5-4-6-8-17/h4-13,23H,14H2,1-3H3. The highest BCUT2D eigenvalue weighted by atomic mass is 15.0. The zero-order chi connectivity index (χ0) is 18.1. The molecule has 0 saturated heterocycles. The lowest BCUT2D eigenvalue weighted by Crippen LogP contribution is -2.02. The monoisotopic (exact) mass is 342 g/mol. The Hall–Kier alpha value is -3.14. The van der Waals surface area contributed by atoms with Crippen molar-refractivity contribution in [1.82, 2.24) is 14.5 Å². The van der Waals surface area contributed by atoms with Crippen LogP contribution in [0.5, 0.6) is 0 Å². The molecule has 0 saturated carbocycles. The number of anilines is 1. The predicted molar refractivity (Wildman–Crippen MR) is 107 cm³/mol. The molecule has 0 atom stereocenters. The average molecular weight is 342 g/mol. The number of nitrogens with zero attached hydrogens (tertiary/aromatic N) is 3. The molecule has 26 heavy (non-hydrogen) atoms. The molecule has 0 aliphatic carbocycles. The van der Waals surface area contributed by atoms with Gasteiger partial charge in [0.1, 0.15) is 0 Å². The Morgan fingerprint density at radius 1 is 1.00 bits per heavy atom. The van der Waals surface area contributed by atoms with Crippen molar-refractivity contribution in [2.45, 2.75) is 13.3 Å². The Kier molecular flexibility index (Phi) is 4.17. The van der Waals surface area contributed by atoms with Crippen molar-refractivity contribution in [2.24, 2.45) is 7.05 Å². The Morgan fingerprint density at radius 3 is 2.58 bits per heavy atom. The second kappa shape index (κ2) is 6.64. The van der Waals surface area contributed by atoms with Gasteiger partial charge in [0, 0.05) is 38.0 Å². The lowest BCUT2D eigenvalue weighted by molar-refractivity contribution is 0.940. The van der Waals surface area contributed by atoms with Crippen molar-refractivity contribution in [2.75, 3.05) is 12.4 Å². The lowest BCUT2D eigenvalue weighted by atomic mass is 10.0. The van der Waals surface area contributed by atoms with E-state index < -0.39 is 0 Å². The molecule has 130 valence electrons. The molecule has 4 heteroatoms. The van der Waals surface area contributed by atoms with Gasteiger partial charge in [-0.1, -0.05) is 42.5 Å². The minimum Gasteiger partial charge on any atom is -0.388 e. The molecular weight excluding hydrogens is 320 g/mol. The summed E-state index contributed by atoms with van der Waals surface area (Å²) in [4.78, 5) is 9.70. The molecule has 2 aromatic heterocycles. The van der Waals surface area contributed by atoms with E-state index in [1.54, 1.807) is 0 Å². The van der Waals surface area contributed by atoms with Gasteiger partial charge in [-0.05, 0) is 30.2 Å². The normalized spacial score (nSPS) is 11.0. The van der Waals surface area contributed by atoms with Gasteiger partial charge in [-0.15, -0.1) is 0 Å². The second-order valence-corrected chi connectivity index (χ2v) is 6.60. The molecular formula is C22H22N4. The third-order valence-electron chi connectivity index (χ3n) is 4.77. The van der Waals surface area contributed by atoms with E-state index in [1.807, 2.05) is 38.5 Å². The first-order valence-corrected chi connectivity index (χ1v) is 8.80. The molecule has 4 nitrogen and oxygen atoms in total. The van der Waals surface area contributed by atoms with Gasteiger partial charge < -0.3 is 9.88 Å². The second-order valence-electron chi connectivity index (χ2n) is 6.60. The maximum Gasteiger partial charge on any atom is 0.160 e. The Labute approximate surface area is 153 Å². The summed E-state index contributed by atoms with van der Waals surface area (Å²) in [6.07, 6.45) is 2.82. The molecule has 1 N–H and O–H groups in total. The molecule has 0 amide bonds. The van der Waals surface area contributed by atoms with Gasteiger partial charge in [0.05, 0.1) is 16.7 Å². The summed E-state index contributed by atoms with van der Waals surface area (Å²) in [5.74, 6) is 0.778. The fourth-order valence-electron chi connectivity index (χ4n) is 3.36. The summed E-state index contributed by atoms with van der Waals surface area (Å²) in [5.41, 5.74) is 7.80. The first-order chi connectivity index (χ1) is 12.7. The molecule has 0 unspecified atom stereocenters. The van der Waals surface area contributed by atoms with Crippen LogP contribution in [0.1, 0.15) is 16.8 Å². The summed E-state index contributed by atoms with van der Waals surface area (Å²) in [6.45, 7) is 2.11. The molecule has 4 rings (SSSR count). The quantitative estimate of drug-likeness (QED) is 0.590. The van der Waals surface area contributed by atoms with Crippen LogP contribution in [-0.4, -0.2) is 21.6 Å². The van der Waals surface area contributed by atoms with E-state index in [-0.39, 0.29) is 0 Å². The topological polar surface area (TPSA) is 42.7 Å². The van der Waals surface area contributed by atoms with Crippen molar-refractivity contribution in [3.05, 3.63) is 77.6 Å².